The fraction of sp³-hybridized carbons (Fsp3) is 0.500. The van der Waals surface area contributed by atoms with Crippen molar-refractivity contribution in [1.82, 2.24) is 19.9 Å². The first-order valence-electron chi connectivity index (χ1n) is 13.0. The topological polar surface area (TPSA) is 71.5 Å². The van der Waals surface area contributed by atoms with E-state index in [1.165, 1.54) is 12.8 Å². The maximum atomic E-state index is 14.0. The number of hydrogen-bond acceptors (Lipinski definition) is 6. The lowest BCUT2D eigenvalue weighted by Gasteiger charge is -2.33. The van der Waals surface area contributed by atoms with Crippen LogP contribution in [0.5, 0.6) is 0 Å². The molecule has 4 rings (SSSR count). The summed E-state index contributed by atoms with van der Waals surface area (Å²) in [4.78, 5) is 29.6. The Morgan fingerprint density at radius 1 is 1.21 bits per heavy atom. The van der Waals surface area contributed by atoms with Crippen molar-refractivity contribution in [2.75, 3.05) is 11.9 Å². The van der Waals surface area contributed by atoms with Gasteiger partial charge in [-0.1, -0.05) is 24.6 Å². The number of aromatic nitrogens is 3. The highest BCUT2D eigenvalue weighted by molar-refractivity contribution is 9.10. The van der Waals surface area contributed by atoms with Crippen LogP contribution in [0, 0.1) is 5.92 Å². The van der Waals surface area contributed by atoms with Gasteiger partial charge in [-0.05, 0) is 99.1 Å². The van der Waals surface area contributed by atoms with Crippen LogP contribution in [0.25, 0.3) is 11.0 Å². The molecule has 2 heterocycles. The van der Waals surface area contributed by atoms with E-state index < -0.39 is 23.9 Å². The minimum atomic E-state index is -2.97. The number of alkyl halides is 2. The Kier molecular flexibility index (Phi) is 9.08. The van der Waals surface area contributed by atoms with Crippen molar-refractivity contribution >= 4 is 56.2 Å². The molecule has 3 aromatic rings. The zero-order chi connectivity index (χ0) is 28.5. The Morgan fingerprint density at radius 3 is 2.54 bits per heavy atom. The van der Waals surface area contributed by atoms with Crippen LogP contribution in [-0.4, -0.2) is 44.6 Å². The molecule has 1 fully saturated rings. The van der Waals surface area contributed by atoms with Gasteiger partial charge in [0.15, 0.2) is 11.6 Å². The van der Waals surface area contributed by atoms with Crippen LogP contribution in [0.4, 0.5) is 25.1 Å². The molecule has 2 aromatic heterocycles. The van der Waals surface area contributed by atoms with E-state index in [-0.39, 0.29) is 27.6 Å². The van der Waals surface area contributed by atoms with Crippen molar-refractivity contribution in [2.45, 2.75) is 78.0 Å². The van der Waals surface area contributed by atoms with Gasteiger partial charge in [0.05, 0.1) is 16.2 Å². The van der Waals surface area contributed by atoms with Crippen LogP contribution in [0.1, 0.15) is 71.2 Å². The van der Waals surface area contributed by atoms with E-state index in [9.17, 15) is 13.6 Å². The van der Waals surface area contributed by atoms with Gasteiger partial charge in [-0.25, -0.2) is 28.4 Å². The number of nitrogens with zero attached hydrogens (tertiary/aromatic N) is 5. The number of amides is 1. The summed E-state index contributed by atoms with van der Waals surface area (Å²) < 4.78 is 34.2. The first-order valence-corrected chi connectivity index (χ1v) is 14.1. The SMILES string of the molecule is CC1CCC(N(C)Cc2cnc3c(N(C(=O)OC(C)(C)C)c4cccc(Br)c4Cl)nc(C(F)F)nc3c2)CC1. The average Bonchev–Trinajstić information content (AvgIpc) is 2.85. The van der Waals surface area contributed by atoms with Crippen molar-refractivity contribution in [3.63, 3.8) is 0 Å². The predicted molar refractivity (Wildman–Crippen MR) is 153 cm³/mol. The molecule has 1 aliphatic rings. The predicted octanol–water partition coefficient (Wildman–Crippen LogP) is 8.46. The molecule has 0 bridgehead atoms. The Morgan fingerprint density at radius 2 is 1.90 bits per heavy atom. The molecule has 0 spiro atoms. The smallest absolute Gasteiger partial charge is 0.420 e. The summed E-state index contributed by atoms with van der Waals surface area (Å²) in [7, 11) is 2.07. The number of carbonyl (C=O) groups excluding carboxylic acids is 1. The van der Waals surface area contributed by atoms with Gasteiger partial charge in [-0.3, -0.25) is 9.88 Å². The minimum absolute atomic E-state index is 0.134. The number of fused-ring (bicyclic) bond motifs is 1. The summed E-state index contributed by atoms with van der Waals surface area (Å²) in [6.45, 7) is 8.01. The number of pyridine rings is 1. The van der Waals surface area contributed by atoms with Crippen LogP contribution in [0.3, 0.4) is 0 Å². The highest BCUT2D eigenvalue weighted by atomic mass is 79.9. The standard InChI is InChI=1S/C28H33BrClF2N5O2/c1-16-9-11-18(12-10-16)36(5)15-17-13-20-23(33-14-17)26(35-25(34-20)24(31)32)37(27(38)39-28(2,3)4)21-8-6-7-19(29)22(21)30/h6-8,13-14,16,18,24H,9-12,15H2,1-5H3. The molecule has 1 aromatic carbocycles. The highest BCUT2D eigenvalue weighted by Gasteiger charge is 2.31. The van der Waals surface area contributed by atoms with E-state index >= 15 is 0 Å². The van der Waals surface area contributed by atoms with E-state index in [2.05, 4.69) is 49.8 Å². The van der Waals surface area contributed by atoms with E-state index in [0.29, 0.717) is 17.1 Å². The second-order valence-corrected chi connectivity index (χ2v) is 12.4. The summed E-state index contributed by atoms with van der Waals surface area (Å²) >= 11 is 9.93. The Hall–Kier alpha value is -2.43. The number of hydrogen-bond donors (Lipinski definition) is 0. The fourth-order valence-electron chi connectivity index (χ4n) is 4.77. The van der Waals surface area contributed by atoms with Gasteiger partial charge in [0, 0.05) is 23.3 Å². The van der Waals surface area contributed by atoms with Crippen molar-refractivity contribution in [3.8, 4) is 0 Å². The lowest BCUT2D eigenvalue weighted by molar-refractivity contribution is 0.0597. The molecule has 0 N–H and O–H groups in total. The monoisotopic (exact) mass is 623 g/mol. The normalized spacial score (nSPS) is 18.1. The van der Waals surface area contributed by atoms with Gasteiger partial charge in [0.1, 0.15) is 11.1 Å². The summed E-state index contributed by atoms with van der Waals surface area (Å²) in [6.07, 6.45) is 2.50. The van der Waals surface area contributed by atoms with Crippen LogP contribution < -0.4 is 4.90 Å². The molecular weight excluding hydrogens is 592 g/mol. The number of halogens is 4. The van der Waals surface area contributed by atoms with Gasteiger partial charge in [0.2, 0.25) is 0 Å². The van der Waals surface area contributed by atoms with Gasteiger partial charge < -0.3 is 4.74 Å². The quantitative estimate of drug-likeness (QED) is 0.274. The summed E-state index contributed by atoms with van der Waals surface area (Å²) in [5, 5.41) is 0.189. The average molecular weight is 625 g/mol. The largest absolute Gasteiger partial charge is 0.443 e. The van der Waals surface area contributed by atoms with E-state index in [4.69, 9.17) is 16.3 Å². The molecule has 0 atom stereocenters. The first kappa shape index (κ1) is 29.6. The summed E-state index contributed by atoms with van der Waals surface area (Å²) in [5.41, 5.74) is 0.553. The van der Waals surface area contributed by atoms with Crippen molar-refractivity contribution in [1.29, 1.82) is 0 Å². The summed E-state index contributed by atoms with van der Waals surface area (Å²) in [6, 6.07) is 7.15. The van der Waals surface area contributed by atoms with Crippen molar-refractivity contribution < 1.29 is 18.3 Å². The Balaban J connectivity index is 1.81. The van der Waals surface area contributed by atoms with Gasteiger partial charge in [-0.15, -0.1) is 0 Å². The lowest BCUT2D eigenvalue weighted by Crippen LogP contribution is -2.35. The molecule has 1 amide bonds. The number of benzene rings is 1. The second kappa shape index (κ2) is 12.0. The summed E-state index contributed by atoms with van der Waals surface area (Å²) in [5.74, 6) is -0.108. The van der Waals surface area contributed by atoms with Crippen LogP contribution in [0.2, 0.25) is 5.02 Å². The molecule has 39 heavy (non-hydrogen) atoms. The third-order valence-electron chi connectivity index (χ3n) is 6.79. The van der Waals surface area contributed by atoms with Crippen LogP contribution in [0.15, 0.2) is 34.9 Å². The zero-order valence-corrected chi connectivity index (χ0v) is 25.1. The fourth-order valence-corrected chi connectivity index (χ4v) is 5.34. The third kappa shape index (κ3) is 7.02. The number of rotatable bonds is 6. The van der Waals surface area contributed by atoms with E-state index in [1.807, 2.05) is 0 Å². The molecule has 210 valence electrons. The Bertz CT molecular complexity index is 1350. The first-order chi connectivity index (χ1) is 18.3. The molecule has 1 saturated carbocycles. The number of ether oxygens (including phenoxy) is 1. The van der Waals surface area contributed by atoms with Gasteiger partial charge in [-0.2, -0.15) is 0 Å². The third-order valence-corrected chi connectivity index (χ3v) is 8.07. The molecule has 0 saturated heterocycles. The van der Waals surface area contributed by atoms with Gasteiger partial charge >= 0.3 is 6.09 Å². The van der Waals surface area contributed by atoms with Crippen LogP contribution >= 0.6 is 27.5 Å². The van der Waals surface area contributed by atoms with E-state index in [0.717, 1.165) is 29.2 Å². The minimum Gasteiger partial charge on any atom is -0.443 e. The maximum absolute atomic E-state index is 14.0. The highest BCUT2D eigenvalue weighted by Crippen LogP contribution is 2.39. The molecule has 1 aliphatic carbocycles. The molecule has 0 radical (unpaired) electrons. The Labute approximate surface area is 241 Å². The number of carbonyl (C=O) groups is 1. The van der Waals surface area contributed by atoms with Gasteiger partial charge in [0.25, 0.3) is 6.43 Å². The van der Waals surface area contributed by atoms with E-state index in [1.54, 1.807) is 51.2 Å². The number of anilines is 2. The second-order valence-electron chi connectivity index (χ2n) is 11.1. The maximum Gasteiger partial charge on any atom is 0.420 e. The molecular formula is C28H33BrClF2N5O2. The van der Waals surface area contributed by atoms with Crippen LogP contribution in [-0.2, 0) is 11.3 Å². The van der Waals surface area contributed by atoms with Crippen molar-refractivity contribution in [3.05, 3.63) is 51.3 Å². The molecule has 11 heteroatoms. The zero-order valence-electron chi connectivity index (χ0n) is 22.7. The van der Waals surface area contributed by atoms with Crippen molar-refractivity contribution in [2.24, 2.45) is 5.92 Å². The molecule has 0 aliphatic heterocycles. The molecule has 7 nitrogen and oxygen atoms in total. The molecule has 0 unspecified atom stereocenters. The lowest BCUT2D eigenvalue weighted by atomic mass is 9.86.